The zero-order chi connectivity index (χ0) is 33.6. The highest BCUT2D eigenvalue weighted by molar-refractivity contribution is 7.07. The van der Waals surface area contributed by atoms with Crippen LogP contribution in [0, 0.1) is 0 Å². The predicted octanol–water partition coefficient (Wildman–Crippen LogP) is 6.00. The maximum Gasteiger partial charge on any atom is 0.338 e. The van der Waals surface area contributed by atoms with Gasteiger partial charge in [-0.15, -0.1) is 0 Å². The van der Waals surface area contributed by atoms with Crippen LogP contribution in [0.2, 0.25) is 0 Å². The first-order valence-corrected chi connectivity index (χ1v) is 16.6. The molecular formula is C38H36N4O5S. The normalized spacial score (nSPS) is 14.3. The fourth-order valence-electron chi connectivity index (χ4n) is 5.51. The lowest BCUT2D eigenvalue weighted by Crippen LogP contribution is -2.39. The van der Waals surface area contributed by atoms with E-state index >= 15 is 0 Å². The van der Waals surface area contributed by atoms with Crippen molar-refractivity contribution in [2.75, 3.05) is 20.3 Å². The first-order valence-electron chi connectivity index (χ1n) is 15.7. The molecule has 6 rings (SSSR count). The zero-order valence-electron chi connectivity index (χ0n) is 27.1. The fraction of sp³-hybridized carbons (Fsp3) is 0.211. The average Bonchev–Trinajstić information content (AvgIpc) is 3.67. The minimum Gasteiger partial charge on any atom is -0.497 e. The van der Waals surface area contributed by atoms with Gasteiger partial charge in [0.25, 0.3) is 5.56 Å². The van der Waals surface area contributed by atoms with Gasteiger partial charge < -0.3 is 14.2 Å². The molecule has 0 unspecified atom stereocenters. The second-order valence-electron chi connectivity index (χ2n) is 11.2. The van der Waals surface area contributed by atoms with E-state index in [9.17, 15) is 9.59 Å². The quantitative estimate of drug-likeness (QED) is 0.0925. The summed E-state index contributed by atoms with van der Waals surface area (Å²) in [6.07, 6.45) is 7.31. The highest BCUT2D eigenvalue weighted by Gasteiger charge is 2.33. The number of allylic oxidation sites excluding steroid dienone is 1. The van der Waals surface area contributed by atoms with Crippen LogP contribution in [-0.2, 0) is 9.53 Å². The maximum atomic E-state index is 14.3. The lowest BCUT2D eigenvalue weighted by atomic mass is 9.96. The number of hydrogen-bond acceptors (Lipinski definition) is 8. The third-order valence-corrected chi connectivity index (χ3v) is 8.93. The molecule has 10 heteroatoms. The van der Waals surface area contributed by atoms with E-state index in [0.29, 0.717) is 38.7 Å². The molecule has 3 heterocycles. The number of carbonyl (C=O) groups excluding carboxylic acids is 1. The second-order valence-corrected chi connectivity index (χ2v) is 12.2. The third-order valence-electron chi connectivity index (χ3n) is 7.95. The van der Waals surface area contributed by atoms with Crippen LogP contribution in [0.3, 0.4) is 0 Å². The number of nitrogens with zero attached hydrogens (tertiary/aromatic N) is 4. The number of hydrogen-bond donors (Lipinski definition) is 0. The van der Waals surface area contributed by atoms with Crippen LogP contribution in [0.4, 0.5) is 0 Å². The van der Waals surface area contributed by atoms with Gasteiger partial charge in [0.1, 0.15) is 23.8 Å². The van der Waals surface area contributed by atoms with E-state index < -0.39 is 12.0 Å². The number of rotatable bonds is 12. The number of esters is 1. The Balaban J connectivity index is 1.49. The minimum absolute atomic E-state index is 0.0371. The SMILES string of the molecule is C=CCOC(=O)C1=C(C)N=c2s/c(=C\c3cn(-c4ccccc4)nc3-c3ccc(OCCCC)cc3)c(=O)n2[C@H]1c1ccc(OC)cc1. The summed E-state index contributed by atoms with van der Waals surface area (Å²) >= 11 is 1.26. The van der Waals surface area contributed by atoms with Gasteiger partial charge in [-0.2, -0.15) is 5.10 Å². The van der Waals surface area contributed by atoms with Crippen molar-refractivity contribution in [3.8, 4) is 28.4 Å². The molecule has 0 N–H and O–H groups in total. The van der Waals surface area contributed by atoms with Gasteiger partial charge in [0.05, 0.1) is 41.2 Å². The van der Waals surface area contributed by atoms with Crippen molar-refractivity contribution < 1.29 is 19.0 Å². The van der Waals surface area contributed by atoms with Crippen molar-refractivity contribution >= 4 is 23.4 Å². The van der Waals surface area contributed by atoms with Gasteiger partial charge in [-0.25, -0.2) is 14.5 Å². The third kappa shape index (κ3) is 6.65. The lowest BCUT2D eigenvalue weighted by molar-refractivity contribution is -0.138. The Hall–Kier alpha value is -5.48. The molecule has 5 aromatic rings. The maximum absolute atomic E-state index is 14.3. The number of ether oxygens (including phenoxy) is 3. The van der Waals surface area contributed by atoms with Gasteiger partial charge >= 0.3 is 5.97 Å². The number of benzene rings is 3. The average molecular weight is 661 g/mol. The van der Waals surface area contributed by atoms with Crippen LogP contribution in [0.25, 0.3) is 23.0 Å². The van der Waals surface area contributed by atoms with E-state index in [1.54, 1.807) is 30.7 Å². The van der Waals surface area contributed by atoms with Gasteiger partial charge in [0.2, 0.25) is 0 Å². The van der Waals surface area contributed by atoms with Crippen molar-refractivity contribution in [3.05, 3.63) is 140 Å². The van der Waals surface area contributed by atoms with Gasteiger partial charge in [-0.1, -0.05) is 67.7 Å². The predicted molar refractivity (Wildman–Crippen MR) is 187 cm³/mol. The number of carbonyl (C=O) groups is 1. The molecule has 1 aliphatic rings. The number of fused-ring (bicyclic) bond motifs is 1. The Kier molecular flexibility index (Phi) is 9.82. The molecule has 0 radical (unpaired) electrons. The molecule has 1 atom stereocenters. The van der Waals surface area contributed by atoms with Crippen LogP contribution in [-0.4, -0.2) is 40.6 Å². The molecule has 0 saturated heterocycles. The van der Waals surface area contributed by atoms with Crippen LogP contribution in [0.5, 0.6) is 11.5 Å². The number of thiazole rings is 1. The van der Waals surface area contributed by atoms with E-state index in [0.717, 1.165) is 41.0 Å². The summed E-state index contributed by atoms with van der Waals surface area (Å²) in [7, 11) is 1.59. The molecule has 0 saturated carbocycles. The van der Waals surface area contributed by atoms with Crippen LogP contribution in [0.1, 0.15) is 43.9 Å². The largest absolute Gasteiger partial charge is 0.497 e. The Morgan fingerprint density at radius 3 is 2.44 bits per heavy atom. The summed E-state index contributed by atoms with van der Waals surface area (Å²) in [6.45, 7) is 8.24. The molecule has 244 valence electrons. The molecule has 0 amide bonds. The smallest absolute Gasteiger partial charge is 0.338 e. The molecule has 0 fully saturated rings. The summed E-state index contributed by atoms with van der Waals surface area (Å²) in [6, 6.07) is 24.2. The number of methoxy groups -OCH3 is 1. The van der Waals surface area contributed by atoms with Crippen molar-refractivity contribution in [1.29, 1.82) is 0 Å². The standard InChI is InChI=1S/C38H36N4O5S/c1-5-7-22-46-31-19-13-26(14-20-31)34-28(24-41(40-34)29-11-9-8-10-12-29)23-32-36(43)42-35(27-15-17-30(45-4)18-16-27)33(37(44)47-21-6-2)25(3)39-38(42)48-32/h6,8-20,23-24,35H,2,5,7,21-22H2,1,3-4H3/b32-23-/t35-/m0/s1. The molecule has 0 aliphatic carbocycles. The van der Waals surface area contributed by atoms with Crippen molar-refractivity contribution in [3.63, 3.8) is 0 Å². The highest BCUT2D eigenvalue weighted by Crippen LogP contribution is 2.32. The van der Waals surface area contributed by atoms with Crippen LogP contribution < -0.4 is 24.4 Å². The Morgan fingerprint density at radius 2 is 1.75 bits per heavy atom. The highest BCUT2D eigenvalue weighted by atomic mass is 32.1. The van der Waals surface area contributed by atoms with E-state index in [1.807, 2.05) is 83.7 Å². The van der Waals surface area contributed by atoms with Crippen LogP contribution >= 0.6 is 11.3 Å². The topological polar surface area (TPSA) is 96.9 Å². The number of aromatic nitrogens is 3. The molecule has 2 aromatic heterocycles. The summed E-state index contributed by atoms with van der Waals surface area (Å²) in [5.41, 5.74) is 4.45. The molecular weight excluding hydrogens is 625 g/mol. The monoisotopic (exact) mass is 660 g/mol. The molecule has 0 spiro atoms. The Bertz CT molecular complexity index is 2140. The molecule has 1 aliphatic heterocycles. The number of para-hydroxylation sites is 1. The Labute approximate surface area is 282 Å². The summed E-state index contributed by atoms with van der Waals surface area (Å²) in [5, 5.41) is 4.95. The minimum atomic E-state index is -0.751. The van der Waals surface area contributed by atoms with E-state index in [2.05, 4.69) is 13.5 Å². The van der Waals surface area contributed by atoms with Crippen molar-refractivity contribution in [2.45, 2.75) is 32.7 Å². The van der Waals surface area contributed by atoms with Gasteiger partial charge in [0.15, 0.2) is 4.80 Å². The molecule has 3 aromatic carbocycles. The molecule has 9 nitrogen and oxygen atoms in total. The van der Waals surface area contributed by atoms with Crippen molar-refractivity contribution in [1.82, 2.24) is 14.3 Å². The second kappa shape index (κ2) is 14.5. The first kappa shape index (κ1) is 32.5. The Morgan fingerprint density at radius 1 is 1.02 bits per heavy atom. The van der Waals surface area contributed by atoms with Gasteiger partial charge in [-0.05, 0) is 73.5 Å². The van der Waals surface area contributed by atoms with Gasteiger partial charge in [0, 0.05) is 17.3 Å². The summed E-state index contributed by atoms with van der Waals surface area (Å²) < 4.78 is 20.5. The summed E-state index contributed by atoms with van der Waals surface area (Å²) in [4.78, 5) is 32.9. The molecule has 0 bridgehead atoms. The van der Waals surface area contributed by atoms with E-state index in [4.69, 9.17) is 24.3 Å². The molecule has 48 heavy (non-hydrogen) atoms. The zero-order valence-corrected chi connectivity index (χ0v) is 27.9. The summed E-state index contributed by atoms with van der Waals surface area (Å²) in [5.74, 6) is 0.895. The van der Waals surface area contributed by atoms with Crippen LogP contribution in [0.15, 0.2) is 119 Å². The lowest BCUT2D eigenvalue weighted by Gasteiger charge is -2.24. The fourth-order valence-corrected chi connectivity index (χ4v) is 6.55. The number of unbranched alkanes of at least 4 members (excludes halogenated alkanes) is 1. The van der Waals surface area contributed by atoms with Gasteiger partial charge in [-0.3, -0.25) is 9.36 Å². The van der Waals surface area contributed by atoms with E-state index in [-0.39, 0.29) is 12.2 Å². The van der Waals surface area contributed by atoms with E-state index in [1.165, 1.54) is 17.4 Å². The first-order chi connectivity index (χ1) is 23.4. The van der Waals surface area contributed by atoms with Crippen molar-refractivity contribution in [2.24, 2.45) is 4.99 Å².